The molecule has 2 N–H and O–H groups in total. The number of amides is 1. The number of aliphatic hydroxyl groups is 1. The molecule has 0 aromatic heterocycles. The van der Waals surface area contributed by atoms with E-state index in [1.807, 2.05) is 0 Å². The molecule has 0 spiro atoms. The van der Waals surface area contributed by atoms with Crippen molar-refractivity contribution in [1.82, 2.24) is 0 Å². The second kappa shape index (κ2) is 6.45. The van der Waals surface area contributed by atoms with Gasteiger partial charge in [-0.1, -0.05) is 18.2 Å². The van der Waals surface area contributed by atoms with Crippen molar-refractivity contribution in [3.63, 3.8) is 0 Å². The minimum absolute atomic E-state index is 0.0463. The van der Waals surface area contributed by atoms with Crippen molar-refractivity contribution in [3.8, 4) is 0 Å². The molecule has 0 aliphatic carbocycles. The fourth-order valence-corrected chi connectivity index (χ4v) is 1.89. The van der Waals surface area contributed by atoms with Gasteiger partial charge in [0.05, 0.1) is 12.5 Å². The summed E-state index contributed by atoms with van der Waals surface area (Å²) in [4.78, 5) is 11.8. The number of aliphatic hydroxyl groups excluding tert-OH is 1. The van der Waals surface area contributed by atoms with E-state index in [1.165, 1.54) is 6.07 Å². The molecule has 0 aliphatic heterocycles. The molecule has 2 rings (SSSR count). The van der Waals surface area contributed by atoms with Gasteiger partial charge in [-0.25, -0.2) is 8.78 Å². The monoisotopic (exact) mass is 291 g/mol. The van der Waals surface area contributed by atoms with E-state index in [0.717, 1.165) is 17.7 Å². The number of rotatable bonds is 4. The van der Waals surface area contributed by atoms with Crippen LogP contribution in [0.1, 0.15) is 24.2 Å². The zero-order valence-corrected chi connectivity index (χ0v) is 11.4. The molecule has 0 fully saturated rings. The van der Waals surface area contributed by atoms with Crippen molar-refractivity contribution < 1.29 is 18.7 Å². The van der Waals surface area contributed by atoms with Gasteiger partial charge >= 0.3 is 0 Å². The standard InChI is InChI=1S/C16H15F2NO2/c1-10(20)12-3-5-13(6-4-12)19-16(21)9-11-2-7-14(17)15(18)8-11/h2-8,10,20H,9H2,1H3,(H,19,21). The number of anilines is 1. The van der Waals surface area contributed by atoms with Gasteiger partial charge < -0.3 is 10.4 Å². The van der Waals surface area contributed by atoms with Crippen LogP contribution in [0.15, 0.2) is 42.5 Å². The predicted octanol–water partition coefficient (Wildman–Crippen LogP) is 3.20. The summed E-state index contributed by atoms with van der Waals surface area (Å²) in [5.41, 5.74) is 1.72. The maximum atomic E-state index is 13.0. The van der Waals surface area contributed by atoms with Crippen LogP contribution in [-0.4, -0.2) is 11.0 Å². The fraction of sp³-hybridized carbons (Fsp3) is 0.188. The highest BCUT2D eigenvalue weighted by atomic mass is 19.2. The second-order valence-corrected chi connectivity index (χ2v) is 4.77. The molecule has 0 bridgehead atoms. The third-order valence-electron chi connectivity index (χ3n) is 3.03. The first-order chi connectivity index (χ1) is 9.95. The van der Waals surface area contributed by atoms with Crippen molar-refractivity contribution in [2.75, 3.05) is 5.32 Å². The largest absolute Gasteiger partial charge is 0.389 e. The minimum atomic E-state index is -0.971. The SMILES string of the molecule is CC(O)c1ccc(NC(=O)Cc2ccc(F)c(F)c2)cc1. The molecule has 0 aliphatic rings. The lowest BCUT2D eigenvalue weighted by Crippen LogP contribution is -2.14. The molecule has 1 amide bonds. The highest BCUT2D eigenvalue weighted by molar-refractivity contribution is 5.92. The molecule has 0 heterocycles. The third kappa shape index (κ3) is 4.10. The quantitative estimate of drug-likeness (QED) is 0.909. The van der Waals surface area contributed by atoms with E-state index in [1.54, 1.807) is 31.2 Å². The molecule has 1 unspecified atom stereocenters. The lowest BCUT2D eigenvalue weighted by atomic mass is 10.1. The van der Waals surface area contributed by atoms with E-state index in [4.69, 9.17) is 0 Å². The summed E-state index contributed by atoms with van der Waals surface area (Å²) in [5, 5.41) is 12.0. The zero-order valence-electron chi connectivity index (χ0n) is 11.4. The minimum Gasteiger partial charge on any atom is -0.389 e. The van der Waals surface area contributed by atoms with Gasteiger partial charge in [-0.05, 0) is 42.3 Å². The molecule has 2 aromatic rings. The molecule has 1 atom stereocenters. The number of carbonyl (C=O) groups is 1. The molecule has 110 valence electrons. The molecule has 2 aromatic carbocycles. The summed E-state index contributed by atoms with van der Waals surface area (Å²) in [6.45, 7) is 1.65. The molecule has 0 saturated heterocycles. The van der Waals surface area contributed by atoms with Gasteiger partial charge in [0.1, 0.15) is 0 Å². The summed E-state index contributed by atoms with van der Waals surface area (Å²) in [7, 11) is 0. The maximum absolute atomic E-state index is 13.0. The van der Waals surface area contributed by atoms with Crippen molar-refractivity contribution in [2.45, 2.75) is 19.4 Å². The first-order valence-electron chi connectivity index (χ1n) is 6.47. The van der Waals surface area contributed by atoms with Crippen LogP contribution in [0.5, 0.6) is 0 Å². The van der Waals surface area contributed by atoms with Crippen molar-refractivity contribution >= 4 is 11.6 Å². The highest BCUT2D eigenvalue weighted by Crippen LogP contribution is 2.16. The van der Waals surface area contributed by atoms with Crippen LogP contribution >= 0.6 is 0 Å². The normalized spacial score (nSPS) is 12.0. The molecule has 0 saturated carbocycles. The molecule has 0 radical (unpaired) electrons. The summed E-state index contributed by atoms with van der Waals surface area (Å²) in [6.07, 6.45) is -0.619. The Labute approximate surface area is 121 Å². The van der Waals surface area contributed by atoms with E-state index >= 15 is 0 Å². The predicted molar refractivity (Wildman–Crippen MR) is 75.8 cm³/mol. The number of hydrogen-bond acceptors (Lipinski definition) is 2. The summed E-state index contributed by atoms with van der Waals surface area (Å²) in [6, 6.07) is 10.1. The Balaban J connectivity index is 1.99. The van der Waals surface area contributed by atoms with Crippen molar-refractivity contribution in [1.29, 1.82) is 0 Å². The first-order valence-corrected chi connectivity index (χ1v) is 6.47. The van der Waals surface area contributed by atoms with Crippen molar-refractivity contribution in [2.24, 2.45) is 0 Å². The van der Waals surface area contributed by atoms with Crippen LogP contribution in [0.3, 0.4) is 0 Å². The molecule has 21 heavy (non-hydrogen) atoms. The Morgan fingerprint density at radius 3 is 2.38 bits per heavy atom. The summed E-state index contributed by atoms with van der Waals surface area (Å²) in [5.74, 6) is -2.24. The lowest BCUT2D eigenvalue weighted by Gasteiger charge is -2.08. The van der Waals surface area contributed by atoms with E-state index in [2.05, 4.69) is 5.32 Å². The average molecular weight is 291 g/mol. The molecular formula is C16H15F2NO2. The van der Waals surface area contributed by atoms with Gasteiger partial charge in [-0.2, -0.15) is 0 Å². The van der Waals surface area contributed by atoms with E-state index in [9.17, 15) is 18.7 Å². The number of carbonyl (C=O) groups excluding carboxylic acids is 1. The van der Waals surface area contributed by atoms with Gasteiger partial charge in [-0.3, -0.25) is 4.79 Å². The molecular weight excluding hydrogens is 276 g/mol. The van der Waals surface area contributed by atoms with E-state index in [-0.39, 0.29) is 12.3 Å². The first kappa shape index (κ1) is 15.1. The topological polar surface area (TPSA) is 49.3 Å². The smallest absolute Gasteiger partial charge is 0.228 e. The van der Waals surface area contributed by atoms with Crippen LogP contribution in [-0.2, 0) is 11.2 Å². The van der Waals surface area contributed by atoms with E-state index in [0.29, 0.717) is 11.3 Å². The van der Waals surface area contributed by atoms with Crippen molar-refractivity contribution in [3.05, 3.63) is 65.2 Å². The molecule has 5 heteroatoms. The number of nitrogens with one attached hydrogen (secondary N) is 1. The Bertz CT molecular complexity index is 639. The Kier molecular flexibility index (Phi) is 4.65. The maximum Gasteiger partial charge on any atom is 0.228 e. The Hall–Kier alpha value is -2.27. The van der Waals surface area contributed by atoms with Crippen LogP contribution in [0, 0.1) is 11.6 Å². The Morgan fingerprint density at radius 1 is 1.14 bits per heavy atom. The van der Waals surface area contributed by atoms with E-state index < -0.39 is 17.7 Å². The van der Waals surface area contributed by atoms with Gasteiger partial charge in [0.15, 0.2) is 11.6 Å². The van der Waals surface area contributed by atoms with Crippen LogP contribution in [0.2, 0.25) is 0 Å². The fourth-order valence-electron chi connectivity index (χ4n) is 1.89. The Morgan fingerprint density at radius 2 is 1.81 bits per heavy atom. The third-order valence-corrected chi connectivity index (χ3v) is 3.03. The zero-order chi connectivity index (χ0) is 15.4. The summed E-state index contributed by atoms with van der Waals surface area (Å²) >= 11 is 0. The summed E-state index contributed by atoms with van der Waals surface area (Å²) < 4.78 is 25.8. The van der Waals surface area contributed by atoms with Crippen LogP contribution < -0.4 is 5.32 Å². The highest BCUT2D eigenvalue weighted by Gasteiger charge is 2.08. The second-order valence-electron chi connectivity index (χ2n) is 4.77. The molecule has 3 nitrogen and oxygen atoms in total. The van der Waals surface area contributed by atoms with Gasteiger partial charge in [-0.15, -0.1) is 0 Å². The van der Waals surface area contributed by atoms with Crippen LogP contribution in [0.25, 0.3) is 0 Å². The van der Waals surface area contributed by atoms with Gasteiger partial charge in [0.2, 0.25) is 5.91 Å². The van der Waals surface area contributed by atoms with Crippen LogP contribution in [0.4, 0.5) is 14.5 Å². The average Bonchev–Trinajstić information content (AvgIpc) is 2.43. The number of halogens is 2. The number of benzene rings is 2. The van der Waals surface area contributed by atoms with Gasteiger partial charge in [0, 0.05) is 5.69 Å². The lowest BCUT2D eigenvalue weighted by molar-refractivity contribution is -0.115. The number of hydrogen-bond donors (Lipinski definition) is 2. The van der Waals surface area contributed by atoms with Gasteiger partial charge in [0.25, 0.3) is 0 Å².